The zero-order valence-corrected chi connectivity index (χ0v) is 8.36. The number of rotatable bonds is 4. The predicted octanol–water partition coefficient (Wildman–Crippen LogP) is 1.71. The highest BCUT2D eigenvalue weighted by Gasteiger charge is 1.97. The molecule has 2 N–H and O–H groups in total. The molecular formula is C12H15NO. The van der Waals surface area contributed by atoms with Gasteiger partial charge in [-0.25, -0.2) is 0 Å². The smallest absolute Gasteiger partial charge is 0.124 e. The Morgan fingerprint density at radius 2 is 2.21 bits per heavy atom. The van der Waals surface area contributed by atoms with Gasteiger partial charge in [0.1, 0.15) is 6.29 Å². The van der Waals surface area contributed by atoms with Crippen LogP contribution in [-0.4, -0.2) is 12.8 Å². The Morgan fingerprint density at radius 3 is 2.79 bits per heavy atom. The summed E-state index contributed by atoms with van der Waals surface area (Å²) in [5.41, 5.74) is 8.72. The van der Waals surface area contributed by atoms with Crippen molar-refractivity contribution in [3.05, 3.63) is 41.0 Å². The van der Waals surface area contributed by atoms with Crippen LogP contribution in [-0.2, 0) is 11.2 Å². The first-order chi connectivity index (χ1) is 6.77. The van der Waals surface area contributed by atoms with Gasteiger partial charge in [-0.05, 0) is 23.6 Å². The van der Waals surface area contributed by atoms with Gasteiger partial charge in [0, 0.05) is 13.0 Å². The van der Waals surface area contributed by atoms with Crippen LogP contribution in [0.5, 0.6) is 0 Å². The molecule has 0 aliphatic heterocycles. The molecule has 14 heavy (non-hydrogen) atoms. The summed E-state index contributed by atoms with van der Waals surface area (Å²) in [6.45, 7) is 2.56. The molecule has 1 aromatic rings. The van der Waals surface area contributed by atoms with Crippen LogP contribution in [0, 0.1) is 6.92 Å². The Morgan fingerprint density at radius 1 is 1.43 bits per heavy atom. The van der Waals surface area contributed by atoms with Crippen molar-refractivity contribution >= 4 is 12.4 Å². The summed E-state index contributed by atoms with van der Waals surface area (Å²) in [6, 6.07) is 6.04. The lowest BCUT2D eigenvalue weighted by Gasteiger charge is -2.02. The summed E-state index contributed by atoms with van der Waals surface area (Å²) in [6.07, 6.45) is 5.32. The molecule has 0 aliphatic carbocycles. The summed E-state index contributed by atoms with van der Waals surface area (Å²) >= 11 is 0. The lowest BCUT2D eigenvalue weighted by atomic mass is 10.0. The van der Waals surface area contributed by atoms with E-state index in [2.05, 4.69) is 6.07 Å². The van der Waals surface area contributed by atoms with Gasteiger partial charge in [-0.3, -0.25) is 0 Å². The number of carbonyl (C=O) groups excluding carboxylic acids is 1. The molecule has 0 bridgehead atoms. The number of nitrogens with two attached hydrogens (primary N) is 1. The van der Waals surface area contributed by atoms with Crippen LogP contribution < -0.4 is 5.73 Å². The second kappa shape index (κ2) is 5.35. The largest absolute Gasteiger partial charge is 0.327 e. The highest BCUT2D eigenvalue weighted by molar-refractivity contribution is 5.58. The molecule has 0 saturated heterocycles. The molecule has 74 valence electrons. The fraction of sp³-hybridized carbons (Fsp3) is 0.250. The van der Waals surface area contributed by atoms with E-state index in [9.17, 15) is 4.79 Å². The molecule has 0 fully saturated rings. The quantitative estimate of drug-likeness (QED) is 0.733. The van der Waals surface area contributed by atoms with E-state index in [1.54, 1.807) is 0 Å². The molecule has 0 aliphatic rings. The van der Waals surface area contributed by atoms with Crippen LogP contribution in [0.3, 0.4) is 0 Å². The van der Waals surface area contributed by atoms with Crippen molar-refractivity contribution in [2.45, 2.75) is 13.3 Å². The van der Waals surface area contributed by atoms with E-state index in [0.29, 0.717) is 13.0 Å². The fourth-order valence-corrected chi connectivity index (χ4v) is 1.35. The number of hydrogen-bond donors (Lipinski definition) is 1. The molecular weight excluding hydrogens is 174 g/mol. The highest BCUT2D eigenvalue weighted by atomic mass is 16.1. The highest BCUT2D eigenvalue weighted by Crippen LogP contribution is 2.12. The molecule has 0 heterocycles. The molecule has 1 rings (SSSR count). The van der Waals surface area contributed by atoms with Crippen LogP contribution in [0.15, 0.2) is 24.3 Å². The summed E-state index contributed by atoms with van der Waals surface area (Å²) in [5, 5.41) is 0. The Bertz CT molecular complexity index is 342. The summed E-state index contributed by atoms with van der Waals surface area (Å²) in [5.74, 6) is 0. The van der Waals surface area contributed by atoms with Crippen LogP contribution in [0.4, 0.5) is 0 Å². The number of benzene rings is 1. The van der Waals surface area contributed by atoms with Crippen molar-refractivity contribution in [1.29, 1.82) is 0 Å². The van der Waals surface area contributed by atoms with Gasteiger partial charge < -0.3 is 10.5 Å². The van der Waals surface area contributed by atoms with E-state index < -0.39 is 0 Å². The molecule has 1 aromatic carbocycles. The molecule has 0 amide bonds. The minimum Gasteiger partial charge on any atom is -0.327 e. The lowest BCUT2D eigenvalue weighted by molar-refractivity contribution is -0.107. The van der Waals surface area contributed by atoms with Gasteiger partial charge in [-0.2, -0.15) is 0 Å². The zero-order chi connectivity index (χ0) is 10.4. The van der Waals surface area contributed by atoms with Crippen LogP contribution in [0.2, 0.25) is 0 Å². The Balaban J connectivity index is 2.88. The van der Waals surface area contributed by atoms with E-state index in [1.807, 2.05) is 31.2 Å². The third kappa shape index (κ3) is 2.82. The molecule has 2 heteroatoms. The Labute approximate surface area is 84.4 Å². The number of hydrogen-bond acceptors (Lipinski definition) is 2. The number of aryl methyl sites for hydroxylation is 1. The van der Waals surface area contributed by atoms with Crippen molar-refractivity contribution in [3.8, 4) is 0 Å². The summed E-state index contributed by atoms with van der Waals surface area (Å²) in [7, 11) is 0. The van der Waals surface area contributed by atoms with Gasteiger partial charge in [0.2, 0.25) is 0 Å². The minimum atomic E-state index is 0.493. The Hall–Kier alpha value is -1.41. The van der Waals surface area contributed by atoms with Crippen molar-refractivity contribution < 1.29 is 4.79 Å². The van der Waals surface area contributed by atoms with Gasteiger partial charge in [0.25, 0.3) is 0 Å². The molecule has 2 nitrogen and oxygen atoms in total. The number of carbonyl (C=O) groups is 1. The Kier molecular flexibility index (Phi) is 4.08. The topological polar surface area (TPSA) is 43.1 Å². The van der Waals surface area contributed by atoms with E-state index >= 15 is 0 Å². The van der Waals surface area contributed by atoms with E-state index in [1.165, 1.54) is 0 Å². The third-order valence-corrected chi connectivity index (χ3v) is 2.12. The van der Waals surface area contributed by atoms with Crippen molar-refractivity contribution in [1.82, 2.24) is 0 Å². The van der Waals surface area contributed by atoms with Crippen molar-refractivity contribution in [2.24, 2.45) is 5.73 Å². The van der Waals surface area contributed by atoms with Gasteiger partial charge in [-0.1, -0.05) is 30.4 Å². The average Bonchev–Trinajstić information content (AvgIpc) is 2.19. The first kappa shape index (κ1) is 10.7. The van der Waals surface area contributed by atoms with Crippen LogP contribution in [0.1, 0.15) is 16.7 Å². The summed E-state index contributed by atoms with van der Waals surface area (Å²) in [4.78, 5) is 10.4. The first-order valence-electron chi connectivity index (χ1n) is 4.67. The van der Waals surface area contributed by atoms with E-state index in [0.717, 1.165) is 23.0 Å². The van der Waals surface area contributed by atoms with Crippen LogP contribution >= 0.6 is 0 Å². The van der Waals surface area contributed by atoms with Crippen LogP contribution in [0.25, 0.3) is 6.08 Å². The van der Waals surface area contributed by atoms with Crippen molar-refractivity contribution in [2.75, 3.05) is 6.54 Å². The minimum absolute atomic E-state index is 0.493. The first-order valence-corrected chi connectivity index (χ1v) is 4.67. The second-order valence-electron chi connectivity index (χ2n) is 3.19. The maximum absolute atomic E-state index is 10.4. The van der Waals surface area contributed by atoms with Gasteiger partial charge in [-0.15, -0.1) is 0 Å². The lowest BCUT2D eigenvalue weighted by Crippen LogP contribution is -1.93. The second-order valence-corrected chi connectivity index (χ2v) is 3.19. The average molecular weight is 189 g/mol. The van der Waals surface area contributed by atoms with E-state index in [4.69, 9.17) is 5.73 Å². The standard InChI is InChI=1S/C12H15NO/c1-10-9-11(3-2-7-13)4-5-12(10)6-8-14/h2-5,8-9H,6-7,13H2,1H3/b3-2+. The number of aldehydes is 1. The predicted molar refractivity (Wildman–Crippen MR) is 59.0 cm³/mol. The monoisotopic (exact) mass is 189 g/mol. The maximum Gasteiger partial charge on any atom is 0.124 e. The van der Waals surface area contributed by atoms with Crippen molar-refractivity contribution in [3.63, 3.8) is 0 Å². The van der Waals surface area contributed by atoms with E-state index in [-0.39, 0.29) is 0 Å². The fourth-order valence-electron chi connectivity index (χ4n) is 1.35. The third-order valence-electron chi connectivity index (χ3n) is 2.12. The molecule has 0 spiro atoms. The molecule has 0 saturated carbocycles. The molecule has 0 unspecified atom stereocenters. The normalized spacial score (nSPS) is 10.7. The van der Waals surface area contributed by atoms with Gasteiger partial charge >= 0.3 is 0 Å². The summed E-state index contributed by atoms with van der Waals surface area (Å²) < 4.78 is 0. The molecule has 0 aromatic heterocycles. The zero-order valence-electron chi connectivity index (χ0n) is 8.36. The SMILES string of the molecule is Cc1cc(/C=C/CN)ccc1CC=O. The molecule has 0 radical (unpaired) electrons. The molecule has 0 atom stereocenters. The maximum atomic E-state index is 10.4. The van der Waals surface area contributed by atoms with Gasteiger partial charge in [0.05, 0.1) is 0 Å². The van der Waals surface area contributed by atoms with Gasteiger partial charge in [0.15, 0.2) is 0 Å².